The lowest BCUT2D eigenvalue weighted by Gasteiger charge is -2.18. The van der Waals surface area contributed by atoms with E-state index in [1.54, 1.807) is 37.3 Å². The number of ether oxygens (including phenoxy) is 1. The lowest BCUT2D eigenvalue weighted by Crippen LogP contribution is -2.15. The highest BCUT2D eigenvalue weighted by atomic mass is 19.4. The fourth-order valence-electron chi connectivity index (χ4n) is 1.07. The molecule has 0 N–H and O–H groups in total. The third-order valence-corrected chi connectivity index (χ3v) is 1.90. The van der Waals surface area contributed by atoms with E-state index in [-0.39, 0.29) is 0 Å². The van der Waals surface area contributed by atoms with Crippen molar-refractivity contribution in [1.29, 1.82) is 0 Å². The predicted octanol–water partition coefficient (Wildman–Crippen LogP) is 3.84. The minimum Gasteiger partial charge on any atom is -0.482 e. The van der Waals surface area contributed by atoms with E-state index in [9.17, 15) is 13.2 Å². The van der Waals surface area contributed by atoms with Crippen LogP contribution in [0.2, 0.25) is 0 Å². The Bertz CT molecular complexity index is 329. The molecule has 0 saturated heterocycles. The second kappa shape index (κ2) is 4.38. The zero-order chi connectivity index (χ0) is 11.5. The lowest BCUT2D eigenvalue weighted by atomic mass is 10.1. The molecule has 0 aliphatic carbocycles. The quantitative estimate of drug-likeness (QED) is 0.697. The van der Waals surface area contributed by atoms with Crippen LogP contribution >= 0.6 is 0 Å². The zero-order valence-electron chi connectivity index (χ0n) is 8.21. The van der Waals surface area contributed by atoms with Crippen LogP contribution < -0.4 is 0 Å². The van der Waals surface area contributed by atoms with Crippen molar-refractivity contribution in [2.45, 2.75) is 19.2 Å². The van der Waals surface area contributed by atoms with Gasteiger partial charge in [-0.2, -0.15) is 13.2 Å². The van der Waals surface area contributed by atoms with E-state index in [1.807, 2.05) is 0 Å². The monoisotopic (exact) mass is 216 g/mol. The third-order valence-electron chi connectivity index (χ3n) is 1.90. The maximum absolute atomic E-state index is 12.1. The third kappa shape index (κ3) is 3.31. The molecular formula is C11H11F3O. The molecule has 1 atom stereocenters. The summed E-state index contributed by atoms with van der Waals surface area (Å²) in [6.45, 7) is 4.39. The molecule has 0 amide bonds. The smallest absolute Gasteiger partial charge is 0.448 e. The van der Waals surface area contributed by atoms with E-state index < -0.39 is 18.0 Å². The fraction of sp³-hybridized carbons (Fsp3) is 0.273. The van der Waals surface area contributed by atoms with Crippen LogP contribution in [0.15, 0.2) is 42.7 Å². The first kappa shape index (κ1) is 11.6. The number of allylic oxidation sites excluding steroid dienone is 1. The Labute approximate surface area is 86.2 Å². The molecule has 15 heavy (non-hydrogen) atoms. The van der Waals surface area contributed by atoms with E-state index >= 15 is 0 Å². The molecular weight excluding hydrogens is 205 g/mol. The lowest BCUT2D eigenvalue weighted by molar-refractivity contribution is -0.138. The normalized spacial score (nSPS) is 13.3. The number of benzene rings is 1. The number of rotatable bonds is 3. The summed E-state index contributed by atoms with van der Waals surface area (Å²) in [6, 6.07) is 8.68. The molecule has 0 aromatic heterocycles. The van der Waals surface area contributed by atoms with Crippen LogP contribution in [0, 0.1) is 0 Å². The standard InChI is InChI=1S/C11H11F3O/c1-8(10-6-4-3-5-7-10)15-9(2)11(12,13)14/h3-8H,2H2,1H3. The average Bonchev–Trinajstić information content (AvgIpc) is 2.17. The van der Waals surface area contributed by atoms with E-state index in [1.165, 1.54) is 0 Å². The van der Waals surface area contributed by atoms with Crippen molar-refractivity contribution in [1.82, 2.24) is 0 Å². The molecule has 0 saturated carbocycles. The van der Waals surface area contributed by atoms with E-state index in [2.05, 4.69) is 11.3 Å². The molecule has 0 fully saturated rings. The van der Waals surface area contributed by atoms with Gasteiger partial charge in [0.2, 0.25) is 0 Å². The van der Waals surface area contributed by atoms with Crippen LogP contribution in [0.25, 0.3) is 0 Å². The van der Waals surface area contributed by atoms with Gasteiger partial charge in [-0.15, -0.1) is 0 Å². The van der Waals surface area contributed by atoms with Crippen molar-refractivity contribution in [3.05, 3.63) is 48.2 Å². The molecule has 1 unspecified atom stereocenters. The molecule has 1 rings (SSSR count). The number of alkyl halides is 3. The highest BCUT2D eigenvalue weighted by Gasteiger charge is 2.35. The summed E-state index contributed by atoms with van der Waals surface area (Å²) in [5.74, 6) is -1.17. The van der Waals surface area contributed by atoms with Crippen molar-refractivity contribution in [2.24, 2.45) is 0 Å². The van der Waals surface area contributed by atoms with Crippen molar-refractivity contribution in [2.75, 3.05) is 0 Å². The highest BCUT2D eigenvalue weighted by Crippen LogP contribution is 2.29. The maximum atomic E-state index is 12.1. The number of hydrogen-bond acceptors (Lipinski definition) is 1. The summed E-state index contributed by atoms with van der Waals surface area (Å²) < 4.78 is 41.0. The Morgan fingerprint density at radius 1 is 1.27 bits per heavy atom. The van der Waals surface area contributed by atoms with Gasteiger partial charge >= 0.3 is 6.18 Å². The molecule has 1 aromatic carbocycles. The molecule has 0 aliphatic heterocycles. The average molecular weight is 216 g/mol. The summed E-state index contributed by atoms with van der Waals surface area (Å²) in [5, 5.41) is 0. The molecule has 82 valence electrons. The zero-order valence-corrected chi connectivity index (χ0v) is 8.21. The van der Waals surface area contributed by atoms with Crippen LogP contribution in [0.5, 0.6) is 0 Å². The molecule has 0 bridgehead atoms. The first-order valence-electron chi connectivity index (χ1n) is 4.39. The number of hydrogen-bond donors (Lipinski definition) is 0. The molecule has 0 spiro atoms. The second-order valence-electron chi connectivity index (χ2n) is 3.09. The first-order chi connectivity index (χ1) is 6.91. The van der Waals surface area contributed by atoms with E-state index in [4.69, 9.17) is 0 Å². The van der Waals surface area contributed by atoms with Gasteiger partial charge in [0.05, 0.1) is 0 Å². The van der Waals surface area contributed by atoms with Gasteiger partial charge in [0, 0.05) is 0 Å². The van der Waals surface area contributed by atoms with Gasteiger partial charge in [0.15, 0.2) is 5.76 Å². The molecule has 0 aliphatic rings. The predicted molar refractivity (Wildman–Crippen MR) is 51.1 cm³/mol. The number of halogens is 3. The van der Waals surface area contributed by atoms with E-state index in [0.29, 0.717) is 5.56 Å². The molecule has 1 nitrogen and oxygen atoms in total. The molecule has 0 radical (unpaired) electrons. The van der Waals surface area contributed by atoms with E-state index in [0.717, 1.165) is 0 Å². The van der Waals surface area contributed by atoms with Crippen molar-refractivity contribution >= 4 is 0 Å². The topological polar surface area (TPSA) is 9.23 Å². The van der Waals surface area contributed by atoms with Gasteiger partial charge < -0.3 is 4.74 Å². The highest BCUT2D eigenvalue weighted by molar-refractivity contribution is 5.17. The largest absolute Gasteiger partial charge is 0.482 e. The maximum Gasteiger partial charge on any atom is 0.448 e. The molecule has 4 heteroatoms. The summed E-state index contributed by atoms with van der Waals surface area (Å²) in [6.07, 6.45) is -5.15. The van der Waals surface area contributed by atoms with Crippen LogP contribution in [-0.4, -0.2) is 6.18 Å². The summed E-state index contributed by atoms with van der Waals surface area (Å²) in [4.78, 5) is 0. The molecule has 1 aromatic rings. The Balaban J connectivity index is 2.65. The Hall–Kier alpha value is -1.45. The first-order valence-corrected chi connectivity index (χ1v) is 4.39. The summed E-state index contributed by atoms with van der Waals surface area (Å²) in [7, 11) is 0. The Kier molecular flexibility index (Phi) is 3.39. The van der Waals surface area contributed by atoms with Crippen LogP contribution in [0.1, 0.15) is 18.6 Å². The van der Waals surface area contributed by atoms with Crippen molar-refractivity contribution < 1.29 is 17.9 Å². The minimum absolute atomic E-state index is 0.652. The van der Waals surface area contributed by atoms with Gasteiger partial charge in [-0.3, -0.25) is 0 Å². The van der Waals surface area contributed by atoms with Gasteiger partial charge in [-0.05, 0) is 12.5 Å². The Morgan fingerprint density at radius 3 is 2.27 bits per heavy atom. The van der Waals surface area contributed by atoms with Gasteiger partial charge in [0.25, 0.3) is 0 Å². The summed E-state index contributed by atoms with van der Waals surface area (Å²) in [5.41, 5.74) is 0.683. The van der Waals surface area contributed by atoms with Crippen molar-refractivity contribution in [3.8, 4) is 0 Å². The fourth-order valence-corrected chi connectivity index (χ4v) is 1.07. The van der Waals surface area contributed by atoms with Crippen LogP contribution in [-0.2, 0) is 4.74 Å². The Morgan fingerprint density at radius 2 is 1.80 bits per heavy atom. The van der Waals surface area contributed by atoms with Crippen LogP contribution in [0.3, 0.4) is 0 Å². The van der Waals surface area contributed by atoms with Crippen molar-refractivity contribution in [3.63, 3.8) is 0 Å². The minimum atomic E-state index is -4.50. The van der Waals surface area contributed by atoms with Gasteiger partial charge in [-0.25, -0.2) is 0 Å². The SMILES string of the molecule is C=C(OC(C)c1ccccc1)C(F)(F)F. The molecule has 0 heterocycles. The van der Waals surface area contributed by atoms with Gasteiger partial charge in [-0.1, -0.05) is 36.9 Å². The van der Waals surface area contributed by atoms with Gasteiger partial charge in [0.1, 0.15) is 6.10 Å². The summed E-state index contributed by atoms with van der Waals surface area (Å²) >= 11 is 0. The van der Waals surface area contributed by atoms with Crippen LogP contribution in [0.4, 0.5) is 13.2 Å². The second-order valence-corrected chi connectivity index (χ2v) is 3.09.